The molecule has 0 saturated heterocycles. The number of rotatable bonds is 6. The normalized spacial score (nSPS) is 14.6. The first-order valence-corrected chi connectivity index (χ1v) is 12.3. The average molecular weight is 504 g/mol. The van der Waals surface area contributed by atoms with Crippen LogP contribution in [0.5, 0.6) is 5.75 Å². The first-order chi connectivity index (χ1) is 18.7. The molecule has 2 heterocycles. The minimum atomic E-state index is -0.251. The topological polar surface area (TPSA) is 85.5 Å². The van der Waals surface area contributed by atoms with E-state index < -0.39 is 0 Å². The first-order valence-electron chi connectivity index (χ1n) is 12.3. The molecular weight excluding hydrogens is 478 g/mol. The number of benzene rings is 3. The fraction of sp³-hybridized carbons (Fsp3) is 0.0968. The average Bonchev–Trinajstić information content (AvgIpc) is 3.42. The molecule has 3 aromatic carbocycles. The van der Waals surface area contributed by atoms with E-state index in [9.17, 15) is 4.79 Å². The highest BCUT2D eigenvalue weighted by Gasteiger charge is 2.21. The predicted molar refractivity (Wildman–Crippen MR) is 147 cm³/mol. The molecule has 188 valence electrons. The number of amides is 1. The van der Waals surface area contributed by atoms with Crippen LogP contribution < -0.4 is 10.1 Å². The molecule has 1 aromatic heterocycles. The molecule has 0 atom stereocenters. The third-order valence-electron chi connectivity index (χ3n) is 6.43. The quantitative estimate of drug-likeness (QED) is 0.297. The number of hydrogen-bond donors (Lipinski definition) is 2. The van der Waals surface area contributed by atoms with Gasteiger partial charge in [0.15, 0.2) is 11.5 Å². The number of aromatic amines is 1. The molecule has 2 N–H and O–H groups in total. The Bertz CT molecular complexity index is 1610. The number of anilines is 1. The van der Waals surface area contributed by atoms with Gasteiger partial charge in [-0.15, -0.1) is 0 Å². The molecule has 1 amide bonds. The molecule has 7 heteroatoms. The van der Waals surface area contributed by atoms with Crippen molar-refractivity contribution in [3.63, 3.8) is 0 Å². The van der Waals surface area contributed by atoms with Gasteiger partial charge in [0, 0.05) is 16.8 Å². The van der Waals surface area contributed by atoms with Crippen LogP contribution in [0.3, 0.4) is 0 Å². The minimum Gasteiger partial charge on any atom is -0.496 e. The van der Waals surface area contributed by atoms with E-state index in [1.807, 2.05) is 60.7 Å². The molecule has 0 saturated carbocycles. The Morgan fingerprint density at radius 2 is 1.87 bits per heavy atom. The Morgan fingerprint density at radius 1 is 1.03 bits per heavy atom. The molecule has 38 heavy (non-hydrogen) atoms. The number of hydrogen-bond acceptors (Lipinski definition) is 5. The predicted octanol–water partition coefficient (Wildman–Crippen LogP) is 6.95. The number of imidazole rings is 1. The maximum Gasteiger partial charge on any atom is 0.255 e. The largest absolute Gasteiger partial charge is 0.496 e. The number of fused-ring (bicyclic) bond motifs is 1. The Labute approximate surface area is 219 Å². The zero-order valence-corrected chi connectivity index (χ0v) is 20.7. The monoisotopic (exact) mass is 503 g/mol. The first kappa shape index (κ1) is 23.4. The van der Waals surface area contributed by atoms with Crippen molar-refractivity contribution in [2.24, 2.45) is 0 Å². The van der Waals surface area contributed by atoms with E-state index >= 15 is 0 Å². The smallest absolute Gasteiger partial charge is 0.255 e. The molecule has 0 radical (unpaired) electrons. The van der Waals surface area contributed by atoms with Crippen molar-refractivity contribution in [3.05, 3.63) is 120 Å². The number of aromatic nitrogens is 2. The van der Waals surface area contributed by atoms with Gasteiger partial charge in [-0.05, 0) is 73.0 Å². The highest BCUT2D eigenvalue weighted by molar-refractivity contribution is 6.05. The van der Waals surface area contributed by atoms with E-state index in [0.717, 1.165) is 40.8 Å². The fourth-order valence-corrected chi connectivity index (χ4v) is 4.44. The van der Waals surface area contributed by atoms with Crippen LogP contribution in [-0.2, 0) is 9.47 Å². The van der Waals surface area contributed by atoms with Crippen molar-refractivity contribution >= 4 is 28.4 Å². The van der Waals surface area contributed by atoms with Gasteiger partial charge in [-0.2, -0.15) is 0 Å². The van der Waals surface area contributed by atoms with Crippen LogP contribution in [0.25, 0.3) is 28.2 Å². The van der Waals surface area contributed by atoms with Gasteiger partial charge < -0.3 is 24.5 Å². The summed E-state index contributed by atoms with van der Waals surface area (Å²) in [6, 6.07) is 20.7. The summed E-state index contributed by atoms with van der Waals surface area (Å²) >= 11 is 0. The lowest BCUT2D eigenvalue weighted by Crippen LogP contribution is -2.13. The van der Waals surface area contributed by atoms with Crippen LogP contribution in [-0.4, -0.2) is 23.0 Å². The molecule has 7 nitrogen and oxygen atoms in total. The molecule has 1 aliphatic heterocycles. The van der Waals surface area contributed by atoms with Crippen molar-refractivity contribution in [3.8, 4) is 17.1 Å². The van der Waals surface area contributed by atoms with Gasteiger partial charge in [0.25, 0.3) is 5.91 Å². The van der Waals surface area contributed by atoms with E-state index in [1.165, 1.54) is 6.26 Å². The lowest BCUT2D eigenvalue weighted by Gasteiger charge is -2.21. The summed E-state index contributed by atoms with van der Waals surface area (Å²) in [5, 5.41) is 2.96. The Kier molecular flexibility index (Phi) is 6.24. The Balaban J connectivity index is 1.19. The zero-order chi connectivity index (χ0) is 25.9. The standard InChI is InChI=1S/C31H25N3O4/c1-36-27-16-13-22(17-24(27)29-19-37-18-28(38-29)20-7-3-2-4-8-20)31(35)32-23-14-11-21(12-15-23)30-33-25-9-5-6-10-26(25)34-30/h2-3,5-7,9-19H,4,8H2,1H3,(H,32,35)(H,33,34). The summed E-state index contributed by atoms with van der Waals surface area (Å²) in [6.07, 6.45) is 11.1. The van der Waals surface area contributed by atoms with Gasteiger partial charge in [-0.1, -0.05) is 30.4 Å². The fourth-order valence-electron chi connectivity index (χ4n) is 4.44. The van der Waals surface area contributed by atoms with Crippen LogP contribution in [0.15, 0.2) is 109 Å². The number of ether oxygens (including phenoxy) is 3. The maximum atomic E-state index is 13.1. The van der Waals surface area contributed by atoms with Crippen LogP contribution in [0.2, 0.25) is 0 Å². The summed E-state index contributed by atoms with van der Waals surface area (Å²) < 4.78 is 17.3. The van der Waals surface area contributed by atoms with E-state index in [1.54, 1.807) is 31.6 Å². The third kappa shape index (κ3) is 4.69. The number of carbonyl (C=O) groups is 1. The number of para-hydroxylation sites is 2. The van der Waals surface area contributed by atoms with Gasteiger partial charge in [-0.25, -0.2) is 4.98 Å². The highest BCUT2D eigenvalue weighted by Crippen LogP contribution is 2.35. The molecule has 0 spiro atoms. The maximum absolute atomic E-state index is 13.1. The van der Waals surface area contributed by atoms with E-state index in [0.29, 0.717) is 34.1 Å². The number of nitrogens with zero attached hydrogens (tertiary/aromatic N) is 1. The molecular formula is C31H25N3O4. The van der Waals surface area contributed by atoms with Gasteiger partial charge in [0.05, 0.1) is 23.7 Å². The lowest BCUT2D eigenvalue weighted by atomic mass is 10.0. The number of carbonyl (C=O) groups excluding carboxylic acids is 1. The van der Waals surface area contributed by atoms with Gasteiger partial charge >= 0.3 is 0 Å². The van der Waals surface area contributed by atoms with E-state index in [-0.39, 0.29) is 5.91 Å². The van der Waals surface area contributed by atoms with E-state index in [2.05, 4.69) is 21.4 Å². The van der Waals surface area contributed by atoms with Crippen LogP contribution in [0.1, 0.15) is 28.8 Å². The molecule has 6 rings (SSSR count). The highest BCUT2D eigenvalue weighted by atomic mass is 16.5. The second-order valence-electron chi connectivity index (χ2n) is 8.91. The van der Waals surface area contributed by atoms with Crippen molar-refractivity contribution in [1.82, 2.24) is 9.97 Å². The van der Waals surface area contributed by atoms with Crippen molar-refractivity contribution in [1.29, 1.82) is 0 Å². The van der Waals surface area contributed by atoms with Crippen LogP contribution >= 0.6 is 0 Å². The van der Waals surface area contributed by atoms with Crippen molar-refractivity contribution < 1.29 is 19.0 Å². The van der Waals surface area contributed by atoms with Crippen LogP contribution in [0.4, 0.5) is 5.69 Å². The molecule has 0 bridgehead atoms. The SMILES string of the molecule is COc1ccc(C(=O)Nc2ccc(-c3nc4ccccc4[nH]3)cc2)cc1C1=COC=C(C2=CC=CCC2)O1. The van der Waals surface area contributed by atoms with Crippen molar-refractivity contribution in [2.75, 3.05) is 12.4 Å². The molecule has 0 unspecified atom stereocenters. The zero-order valence-electron chi connectivity index (χ0n) is 20.7. The summed E-state index contributed by atoms with van der Waals surface area (Å²) in [5.74, 6) is 2.22. The summed E-state index contributed by atoms with van der Waals surface area (Å²) in [4.78, 5) is 21.1. The summed E-state index contributed by atoms with van der Waals surface area (Å²) in [5.41, 5.74) is 5.63. The van der Waals surface area contributed by atoms with Crippen LogP contribution in [0, 0.1) is 0 Å². The van der Waals surface area contributed by atoms with Gasteiger partial charge in [0.1, 0.15) is 24.1 Å². The molecule has 1 aliphatic carbocycles. The number of allylic oxidation sites excluding steroid dienone is 4. The minimum absolute atomic E-state index is 0.251. The molecule has 2 aliphatic rings. The second-order valence-corrected chi connectivity index (χ2v) is 8.91. The number of H-pyrrole nitrogens is 1. The van der Waals surface area contributed by atoms with E-state index in [4.69, 9.17) is 14.2 Å². The number of methoxy groups -OCH3 is 1. The Morgan fingerprint density at radius 3 is 2.66 bits per heavy atom. The summed E-state index contributed by atoms with van der Waals surface area (Å²) in [6.45, 7) is 0. The van der Waals surface area contributed by atoms with Gasteiger partial charge in [-0.3, -0.25) is 4.79 Å². The third-order valence-corrected chi connectivity index (χ3v) is 6.43. The second kappa shape index (κ2) is 10.1. The van der Waals surface area contributed by atoms with Gasteiger partial charge in [0.2, 0.25) is 0 Å². The molecule has 4 aromatic rings. The summed E-state index contributed by atoms with van der Waals surface area (Å²) in [7, 11) is 1.58. The Hall–Kier alpha value is -5.04. The molecule has 0 fully saturated rings. The lowest BCUT2D eigenvalue weighted by molar-refractivity contribution is 0.102. The number of nitrogens with one attached hydrogen (secondary N) is 2. The van der Waals surface area contributed by atoms with Crippen molar-refractivity contribution in [2.45, 2.75) is 12.8 Å².